The first kappa shape index (κ1) is 20.7. The fourth-order valence-electron chi connectivity index (χ4n) is 2.83. The molecule has 25 heavy (non-hydrogen) atoms. The van der Waals surface area contributed by atoms with Crippen LogP contribution in [0.4, 0.5) is 0 Å². The first-order chi connectivity index (χ1) is 12.0. The van der Waals surface area contributed by atoms with Gasteiger partial charge in [0.05, 0.1) is 13.2 Å². The van der Waals surface area contributed by atoms with Crippen molar-refractivity contribution in [1.29, 1.82) is 0 Å². The maximum absolute atomic E-state index is 9.05. The molecule has 0 aromatic heterocycles. The predicted octanol–water partition coefficient (Wildman–Crippen LogP) is 5.24. The van der Waals surface area contributed by atoms with Gasteiger partial charge in [-0.25, -0.2) is 0 Å². The fraction of sp³-hybridized carbons (Fsp3) is 0.400. The van der Waals surface area contributed by atoms with Crippen LogP contribution in [-0.2, 0) is 0 Å². The number of rotatable bonds is 8. The van der Waals surface area contributed by atoms with Gasteiger partial charge in [-0.3, -0.25) is 0 Å². The smallest absolute Gasteiger partial charge is 0.0525 e. The highest BCUT2D eigenvalue weighted by atomic mass is 32.2. The molecule has 0 unspecified atom stereocenters. The zero-order valence-electron chi connectivity index (χ0n) is 15.3. The van der Waals surface area contributed by atoms with E-state index in [0.29, 0.717) is 0 Å². The lowest BCUT2D eigenvalue weighted by Crippen LogP contribution is -1.93. The molecule has 0 heterocycles. The third-order valence-corrected chi connectivity index (χ3v) is 7.36. The van der Waals surface area contributed by atoms with Crippen LogP contribution in [0.2, 0.25) is 0 Å². The maximum Gasteiger partial charge on any atom is 0.0525 e. The summed E-state index contributed by atoms with van der Waals surface area (Å²) in [5.41, 5.74) is 5.07. The minimum atomic E-state index is 0.208. The van der Waals surface area contributed by atoms with Crippen LogP contribution in [0.15, 0.2) is 43.8 Å². The van der Waals surface area contributed by atoms with Gasteiger partial charge in [-0.15, -0.1) is 23.5 Å². The number of aliphatic hydroxyl groups excluding tert-OH is 2. The second kappa shape index (κ2) is 9.93. The maximum atomic E-state index is 9.05. The molecule has 0 saturated heterocycles. The topological polar surface area (TPSA) is 40.5 Å². The Hall–Kier alpha value is -0.590. The molecule has 0 saturated carbocycles. The monoisotopic (exact) mass is 394 g/mol. The molecule has 2 aromatic rings. The van der Waals surface area contributed by atoms with Crippen molar-refractivity contribution in [3.63, 3.8) is 0 Å². The average molecular weight is 395 g/mol. The number of hydrogen-bond donors (Lipinski definition) is 2. The van der Waals surface area contributed by atoms with Crippen molar-refractivity contribution in [2.75, 3.05) is 24.7 Å². The Bertz CT molecular complexity index is 621. The molecule has 5 heteroatoms. The first-order valence-corrected chi connectivity index (χ1v) is 11.1. The summed E-state index contributed by atoms with van der Waals surface area (Å²) in [6.45, 7) is 8.98. The van der Waals surface area contributed by atoms with Crippen molar-refractivity contribution in [3.8, 4) is 0 Å². The largest absolute Gasteiger partial charge is 0.396 e. The van der Waals surface area contributed by atoms with Gasteiger partial charge in [-0.05, 0) is 74.2 Å². The van der Waals surface area contributed by atoms with Crippen LogP contribution in [-0.4, -0.2) is 34.9 Å². The highest BCUT2D eigenvalue weighted by molar-refractivity contribution is 8.00. The molecule has 0 aliphatic rings. The van der Waals surface area contributed by atoms with Crippen molar-refractivity contribution in [3.05, 3.63) is 46.5 Å². The van der Waals surface area contributed by atoms with E-state index in [0.717, 1.165) is 11.5 Å². The van der Waals surface area contributed by atoms with E-state index in [2.05, 4.69) is 52.0 Å². The lowest BCUT2D eigenvalue weighted by molar-refractivity contribution is 0.322. The Kier molecular flexibility index (Phi) is 8.23. The average Bonchev–Trinajstić information content (AvgIpc) is 2.53. The first-order valence-electron chi connectivity index (χ1n) is 8.34. The van der Waals surface area contributed by atoms with Gasteiger partial charge in [-0.1, -0.05) is 11.8 Å². The van der Waals surface area contributed by atoms with Crippen molar-refractivity contribution < 1.29 is 10.2 Å². The molecule has 2 rings (SSSR count). The molecule has 0 fully saturated rings. The van der Waals surface area contributed by atoms with Crippen molar-refractivity contribution >= 4 is 35.3 Å². The molecule has 2 aromatic carbocycles. The normalized spacial score (nSPS) is 11.1. The molecule has 0 aliphatic carbocycles. The highest BCUT2D eigenvalue weighted by Crippen LogP contribution is 2.37. The van der Waals surface area contributed by atoms with Gasteiger partial charge in [0.25, 0.3) is 0 Å². The molecule has 0 bridgehead atoms. The van der Waals surface area contributed by atoms with E-state index in [-0.39, 0.29) is 13.2 Å². The SMILES string of the molecule is Cc1cc(Sc2cc(C)c(SCCO)c(C)c2)cc(C)c1SCCO. The molecule has 0 aliphatic heterocycles. The summed E-state index contributed by atoms with van der Waals surface area (Å²) in [5, 5.41) is 18.1. The van der Waals surface area contributed by atoms with E-state index >= 15 is 0 Å². The molecule has 2 nitrogen and oxygen atoms in total. The second-order valence-electron chi connectivity index (χ2n) is 6.02. The molecule has 136 valence electrons. The summed E-state index contributed by atoms with van der Waals surface area (Å²) in [7, 11) is 0. The van der Waals surface area contributed by atoms with E-state index in [1.807, 2.05) is 0 Å². The summed E-state index contributed by atoms with van der Waals surface area (Å²) in [6, 6.07) is 8.93. The molecular formula is C20H26O2S3. The summed E-state index contributed by atoms with van der Waals surface area (Å²) < 4.78 is 0. The Morgan fingerprint density at radius 2 is 0.960 bits per heavy atom. The zero-order valence-corrected chi connectivity index (χ0v) is 17.7. The number of thioether (sulfide) groups is 2. The minimum absolute atomic E-state index is 0.208. The fourth-order valence-corrected chi connectivity index (χ4v) is 5.78. The van der Waals surface area contributed by atoms with Crippen LogP contribution in [0.25, 0.3) is 0 Å². The molecule has 0 radical (unpaired) electrons. The number of hydrogen-bond acceptors (Lipinski definition) is 5. The van der Waals surface area contributed by atoms with E-state index in [1.165, 1.54) is 41.8 Å². The molecule has 2 N–H and O–H groups in total. The highest BCUT2D eigenvalue weighted by Gasteiger charge is 2.10. The van der Waals surface area contributed by atoms with Gasteiger partial charge < -0.3 is 10.2 Å². The van der Waals surface area contributed by atoms with Crippen LogP contribution < -0.4 is 0 Å². The number of aliphatic hydroxyl groups is 2. The summed E-state index contributed by atoms with van der Waals surface area (Å²) >= 11 is 5.23. The summed E-state index contributed by atoms with van der Waals surface area (Å²) in [5.74, 6) is 1.47. The van der Waals surface area contributed by atoms with Crippen LogP contribution in [0.3, 0.4) is 0 Å². The zero-order chi connectivity index (χ0) is 18.4. The Labute approximate surface area is 163 Å². The molecular weight excluding hydrogens is 368 g/mol. The van der Waals surface area contributed by atoms with Crippen molar-refractivity contribution in [2.45, 2.75) is 47.3 Å². The minimum Gasteiger partial charge on any atom is -0.396 e. The van der Waals surface area contributed by atoms with Crippen LogP contribution in [0.1, 0.15) is 22.3 Å². The van der Waals surface area contributed by atoms with E-state index in [9.17, 15) is 0 Å². The molecule has 0 atom stereocenters. The van der Waals surface area contributed by atoms with Crippen molar-refractivity contribution in [1.82, 2.24) is 0 Å². The van der Waals surface area contributed by atoms with E-state index in [1.54, 1.807) is 35.3 Å². The molecule has 0 spiro atoms. The lowest BCUT2D eigenvalue weighted by Gasteiger charge is -2.14. The predicted molar refractivity (Wildman–Crippen MR) is 112 cm³/mol. The van der Waals surface area contributed by atoms with Crippen LogP contribution >= 0.6 is 35.3 Å². The quantitative estimate of drug-likeness (QED) is 0.599. The molecule has 0 amide bonds. The van der Waals surface area contributed by atoms with Gasteiger partial charge in [-0.2, -0.15) is 0 Å². The Morgan fingerprint density at radius 1 is 0.640 bits per heavy atom. The third kappa shape index (κ3) is 5.69. The van der Waals surface area contributed by atoms with Gasteiger partial charge >= 0.3 is 0 Å². The third-order valence-electron chi connectivity index (χ3n) is 3.78. The Morgan fingerprint density at radius 3 is 1.24 bits per heavy atom. The van der Waals surface area contributed by atoms with Crippen molar-refractivity contribution in [2.24, 2.45) is 0 Å². The number of aryl methyl sites for hydroxylation is 4. The van der Waals surface area contributed by atoms with Gasteiger partial charge in [0, 0.05) is 31.1 Å². The van der Waals surface area contributed by atoms with Gasteiger partial charge in [0.1, 0.15) is 0 Å². The summed E-state index contributed by atoms with van der Waals surface area (Å²) in [4.78, 5) is 5.05. The van der Waals surface area contributed by atoms with Crippen LogP contribution in [0, 0.1) is 27.7 Å². The van der Waals surface area contributed by atoms with Gasteiger partial charge in [0.2, 0.25) is 0 Å². The Balaban J connectivity index is 2.22. The number of benzene rings is 2. The second-order valence-corrected chi connectivity index (χ2v) is 9.38. The standard InChI is InChI=1S/C20H26O2S3/c1-13-9-17(10-14(2)19(13)23-7-5-21)25-18-11-15(3)20(16(4)12-18)24-8-6-22/h9-12,21-22H,5-8H2,1-4H3. The summed E-state index contributed by atoms with van der Waals surface area (Å²) in [6.07, 6.45) is 0. The lowest BCUT2D eigenvalue weighted by atomic mass is 10.1. The van der Waals surface area contributed by atoms with E-state index in [4.69, 9.17) is 10.2 Å². The van der Waals surface area contributed by atoms with Crippen LogP contribution in [0.5, 0.6) is 0 Å². The van der Waals surface area contributed by atoms with Gasteiger partial charge in [0.15, 0.2) is 0 Å². The van der Waals surface area contributed by atoms with E-state index < -0.39 is 0 Å².